The Labute approximate surface area is 123 Å². The number of nitrogens with zero attached hydrogens (tertiary/aromatic N) is 4. The Morgan fingerprint density at radius 1 is 1.38 bits per heavy atom. The van der Waals surface area contributed by atoms with Crippen molar-refractivity contribution >= 4 is 22.8 Å². The fourth-order valence-corrected chi connectivity index (χ4v) is 2.82. The molecule has 0 radical (unpaired) electrons. The predicted octanol–water partition coefficient (Wildman–Crippen LogP) is 0.925. The van der Waals surface area contributed by atoms with Gasteiger partial charge in [0.15, 0.2) is 5.65 Å². The van der Waals surface area contributed by atoms with Gasteiger partial charge in [-0.25, -0.2) is 5.84 Å². The first-order chi connectivity index (χ1) is 10.3. The van der Waals surface area contributed by atoms with Crippen LogP contribution >= 0.6 is 0 Å². The van der Waals surface area contributed by atoms with E-state index in [9.17, 15) is 0 Å². The highest BCUT2D eigenvalue weighted by Gasteiger charge is 2.20. The average molecular weight is 290 g/mol. The predicted molar refractivity (Wildman–Crippen MR) is 82.9 cm³/mol. The van der Waals surface area contributed by atoms with Crippen molar-refractivity contribution < 1.29 is 0 Å². The van der Waals surface area contributed by atoms with Crippen molar-refractivity contribution in [3.63, 3.8) is 0 Å². The van der Waals surface area contributed by atoms with Gasteiger partial charge in [-0.2, -0.15) is 15.1 Å². The summed E-state index contributed by atoms with van der Waals surface area (Å²) >= 11 is 0. The maximum atomic E-state index is 5.42. The number of likely N-dealkylation sites (tertiary alicyclic amines) is 1. The monoisotopic (exact) mass is 290 g/mol. The lowest BCUT2D eigenvalue weighted by Gasteiger charge is -2.32. The van der Waals surface area contributed by atoms with Gasteiger partial charge in [-0.05, 0) is 25.8 Å². The second-order valence-electron chi connectivity index (χ2n) is 5.43. The molecule has 8 nitrogen and oxygen atoms in total. The SMILES string of the molecule is CCCN1CCC(Nc2nc(NN)nc3[nH]ncc23)CC1. The van der Waals surface area contributed by atoms with Crippen LogP contribution in [-0.4, -0.2) is 50.7 Å². The van der Waals surface area contributed by atoms with E-state index >= 15 is 0 Å². The summed E-state index contributed by atoms with van der Waals surface area (Å²) in [6.07, 6.45) is 5.19. The zero-order valence-electron chi connectivity index (χ0n) is 12.3. The van der Waals surface area contributed by atoms with Crippen LogP contribution in [0, 0.1) is 0 Å². The number of aromatic amines is 1. The minimum Gasteiger partial charge on any atom is -0.366 e. The topological polar surface area (TPSA) is 108 Å². The van der Waals surface area contributed by atoms with Gasteiger partial charge in [-0.15, -0.1) is 0 Å². The van der Waals surface area contributed by atoms with E-state index in [1.54, 1.807) is 6.20 Å². The highest BCUT2D eigenvalue weighted by molar-refractivity contribution is 5.87. The van der Waals surface area contributed by atoms with E-state index < -0.39 is 0 Å². The van der Waals surface area contributed by atoms with E-state index in [1.807, 2.05) is 0 Å². The van der Waals surface area contributed by atoms with Crippen molar-refractivity contribution in [1.29, 1.82) is 0 Å². The molecule has 2 aromatic heterocycles. The molecule has 1 fully saturated rings. The molecule has 0 aliphatic carbocycles. The van der Waals surface area contributed by atoms with Crippen molar-refractivity contribution in [3.05, 3.63) is 6.20 Å². The molecule has 21 heavy (non-hydrogen) atoms. The molecule has 0 unspecified atom stereocenters. The molecule has 3 heterocycles. The van der Waals surface area contributed by atoms with Crippen LogP contribution in [0.25, 0.3) is 11.0 Å². The summed E-state index contributed by atoms with van der Waals surface area (Å²) in [7, 11) is 0. The number of piperidine rings is 1. The van der Waals surface area contributed by atoms with Gasteiger partial charge in [0.05, 0.1) is 11.6 Å². The van der Waals surface area contributed by atoms with Crippen molar-refractivity contribution in [2.24, 2.45) is 5.84 Å². The van der Waals surface area contributed by atoms with Gasteiger partial charge < -0.3 is 10.2 Å². The number of hydrogen-bond acceptors (Lipinski definition) is 7. The first-order valence-electron chi connectivity index (χ1n) is 7.46. The molecule has 3 rings (SSSR count). The molecule has 1 aliphatic heterocycles. The van der Waals surface area contributed by atoms with Crippen LogP contribution in [0.3, 0.4) is 0 Å². The first-order valence-corrected chi connectivity index (χ1v) is 7.46. The fraction of sp³-hybridized carbons (Fsp3) is 0.615. The number of hydrazine groups is 1. The van der Waals surface area contributed by atoms with Crippen LogP contribution in [0.4, 0.5) is 11.8 Å². The number of hydrogen-bond donors (Lipinski definition) is 4. The van der Waals surface area contributed by atoms with Crippen LogP contribution in [0.1, 0.15) is 26.2 Å². The standard InChI is InChI=1S/C13H22N8/c1-2-5-21-6-3-9(4-7-21)16-11-10-8-15-20-12(10)18-13(17-11)19-14/h8-9H,2-7,14H2,1H3,(H3,15,16,17,18,19,20). The Morgan fingerprint density at radius 3 is 2.90 bits per heavy atom. The second kappa shape index (κ2) is 6.23. The molecule has 1 aliphatic rings. The Morgan fingerprint density at radius 2 is 2.19 bits per heavy atom. The number of fused-ring (bicyclic) bond motifs is 1. The summed E-state index contributed by atoms with van der Waals surface area (Å²) in [5.74, 6) is 6.59. The summed E-state index contributed by atoms with van der Waals surface area (Å²) in [6, 6.07) is 0.428. The number of aromatic nitrogens is 4. The Bertz CT molecular complexity index is 587. The molecule has 0 saturated carbocycles. The molecular weight excluding hydrogens is 268 g/mol. The largest absolute Gasteiger partial charge is 0.366 e. The number of nitrogens with one attached hydrogen (secondary N) is 3. The van der Waals surface area contributed by atoms with Crippen molar-refractivity contribution in [2.75, 3.05) is 30.4 Å². The number of rotatable bonds is 5. The normalized spacial score (nSPS) is 17.2. The lowest BCUT2D eigenvalue weighted by Crippen LogP contribution is -2.39. The molecular formula is C13H22N8. The molecule has 5 N–H and O–H groups in total. The van der Waals surface area contributed by atoms with Gasteiger partial charge in [-0.1, -0.05) is 6.92 Å². The van der Waals surface area contributed by atoms with Gasteiger partial charge in [0.2, 0.25) is 5.95 Å². The zero-order chi connectivity index (χ0) is 14.7. The van der Waals surface area contributed by atoms with Crippen LogP contribution in [0.15, 0.2) is 6.20 Å². The summed E-state index contributed by atoms with van der Waals surface area (Å²) in [5, 5.41) is 11.3. The highest BCUT2D eigenvalue weighted by atomic mass is 15.3. The third-order valence-electron chi connectivity index (χ3n) is 3.91. The van der Waals surface area contributed by atoms with E-state index in [1.165, 1.54) is 13.0 Å². The van der Waals surface area contributed by atoms with Gasteiger partial charge in [-0.3, -0.25) is 10.5 Å². The lowest BCUT2D eigenvalue weighted by molar-refractivity contribution is 0.219. The quantitative estimate of drug-likeness (QED) is 0.479. The molecule has 114 valence electrons. The van der Waals surface area contributed by atoms with E-state index in [4.69, 9.17) is 5.84 Å². The molecule has 0 aromatic carbocycles. The summed E-state index contributed by atoms with van der Waals surface area (Å²) in [6.45, 7) is 5.68. The third-order valence-corrected chi connectivity index (χ3v) is 3.91. The summed E-state index contributed by atoms with van der Waals surface area (Å²) in [5.41, 5.74) is 3.18. The van der Waals surface area contributed by atoms with E-state index in [0.29, 0.717) is 17.6 Å². The van der Waals surface area contributed by atoms with E-state index in [-0.39, 0.29) is 0 Å². The number of nitrogen functional groups attached to an aromatic ring is 1. The van der Waals surface area contributed by atoms with Crippen LogP contribution in [0.2, 0.25) is 0 Å². The number of anilines is 2. The van der Waals surface area contributed by atoms with Gasteiger partial charge >= 0.3 is 0 Å². The zero-order valence-corrected chi connectivity index (χ0v) is 12.3. The van der Waals surface area contributed by atoms with E-state index in [0.717, 1.165) is 37.1 Å². The van der Waals surface area contributed by atoms with Crippen molar-refractivity contribution in [2.45, 2.75) is 32.2 Å². The van der Waals surface area contributed by atoms with Crippen LogP contribution in [-0.2, 0) is 0 Å². The van der Waals surface area contributed by atoms with Crippen LogP contribution < -0.4 is 16.6 Å². The first kappa shape index (κ1) is 14.0. The van der Waals surface area contributed by atoms with Gasteiger partial charge in [0.1, 0.15) is 5.82 Å². The lowest BCUT2D eigenvalue weighted by atomic mass is 10.0. The highest BCUT2D eigenvalue weighted by Crippen LogP contribution is 2.23. The number of nitrogens with two attached hydrogens (primary N) is 1. The van der Waals surface area contributed by atoms with Crippen molar-refractivity contribution in [3.8, 4) is 0 Å². The molecule has 0 spiro atoms. The maximum absolute atomic E-state index is 5.42. The fourth-order valence-electron chi connectivity index (χ4n) is 2.82. The number of H-pyrrole nitrogens is 1. The van der Waals surface area contributed by atoms with Gasteiger partial charge in [0, 0.05) is 19.1 Å². The summed E-state index contributed by atoms with van der Waals surface area (Å²) in [4.78, 5) is 11.2. The molecule has 0 bridgehead atoms. The smallest absolute Gasteiger partial charge is 0.241 e. The van der Waals surface area contributed by atoms with Crippen LogP contribution in [0.5, 0.6) is 0 Å². The minimum atomic E-state index is 0.387. The molecule has 2 aromatic rings. The molecule has 0 amide bonds. The molecule has 0 atom stereocenters. The Hall–Kier alpha value is -1.93. The van der Waals surface area contributed by atoms with Crippen molar-refractivity contribution in [1.82, 2.24) is 25.1 Å². The maximum Gasteiger partial charge on any atom is 0.241 e. The molecule has 1 saturated heterocycles. The minimum absolute atomic E-state index is 0.387. The Kier molecular flexibility index (Phi) is 4.16. The Balaban J connectivity index is 1.72. The third kappa shape index (κ3) is 3.06. The second-order valence-corrected chi connectivity index (χ2v) is 5.43. The van der Waals surface area contributed by atoms with E-state index in [2.05, 4.69) is 42.7 Å². The van der Waals surface area contributed by atoms with Gasteiger partial charge in [0.25, 0.3) is 0 Å². The molecule has 8 heteroatoms. The summed E-state index contributed by atoms with van der Waals surface area (Å²) < 4.78 is 0. The average Bonchev–Trinajstić information content (AvgIpc) is 2.98.